The van der Waals surface area contributed by atoms with Crippen LogP contribution in [-0.2, 0) is 11.2 Å². The number of ether oxygens (including phenoxy) is 1. The second-order valence-corrected chi connectivity index (χ2v) is 3.55. The van der Waals surface area contributed by atoms with Crippen molar-refractivity contribution in [1.82, 2.24) is 4.98 Å². The lowest BCUT2D eigenvalue weighted by atomic mass is 10.1. The number of aromatic nitrogens is 1. The number of aryl methyl sites for hydroxylation is 1. The van der Waals surface area contributed by atoms with Gasteiger partial charge in [0.1, 0.15) is 5.56 Å². The molecule has 0 atom stereocenters. The Labute approximate surface area is 94.6 Å². The number of aromatic amines is 1. The molecule has 1 N–H and O–H groups in total. The van der Waals surface area contributed by atoms with Crippen LogP contribution >= 0.6 is 0 Å². The largest absolute Gasteiger partial charge is 0.462 e. The summed E-state index contributed by atoms with van der Waals surface area (Å²) in [5, 5.41) is 0. The number of carbonyl (C=O) groups excluding carboxylic acids is 1. The fraction of sp³-hybridized carbons (Fsp3) is 0.500. The van der Waals surface area contributed by atoms with Crippen molar-refractivity contribution in [3.05, 3.63) is 33.7 Å². The van der Waals surface area contributed by atoms with Gasteiger partial charge in [-0.05, 0) is 19.8 Å². The van der Waals surface area contributed by atoms with Crippen LogP contribution in [0, 0.1) is 0 Å². The normalized spacial score (nSPS) is 10.1. The van der Waals surface area contributed by atoms with E-state index in [9.17, 15) is 9.59 Å². The third-order valence-corrected chi connectivity index (χ3v) is 2.32. The second-order valence-electron chi connectivity index (χ2n) is 3.55. The van der Waals surface area contributed by atoms with Crippen LogP contribution in [0.2, 0.25) is 0 Å². The van der Waals surface area contributed by atoms with E-state index in [4.69, 9.17) is 4.74 Å². The zero-order valence-electron chi connectivity index (χ0n) is 9.71. The molecule has 4 heteroatoms. The summed E-state index contributed by atoms with van der Waals surface area (Å²) in [6, 6.07) is 0. The van der Waals surface area contributed by atoms with Crippen molar-refractivity contribution in [2.75, 3.05) is 6.61 Å². The second kappa shape index (κ2) is 6.10. The Morgan fingerprint density at radius 1 is 1.38 bits per heavy atom. The average Bonchev–Trinajstić information content (AvgIpc) is 2.28. The summed E-state index contributed by atoms with van der Waals surface area (Å²) in [5.74, 6) is -0.554. The Hall–Kier alpha value is -1.58. The highest BCUT2D eigenvalue weighted by atomic mass is 16.5. The maximum atomic E-state index is 11.9. The molecule has 0 aliphatic rings. The van der Waals surface area contributed by atoms with Crippen molar-refractivity contribution in [1.29, 1.82) is 0 Å². The van der Waals surface area contributed by atoms with Gasteiger partial charge in [-0.15, -0.1) is 0 Å². The van der Waals surface area contributed by atoms with Crippen molar-refractivity contribution in [3.63, 3.8) is 0 Å². The molecule has 0 radical (unpaired) electrons. The van der Waals surface area contributed by atoms with E-state index in [0.717, 1.165) is 12.8 Å². The monoisotopic (exact) mass is 223 g/mol. The average molecular weight is 223 g/mol. The maximum Gasteiger partial charge on any atom is 0.343 e. The van der Waals surface area contributed by atoms with Crippen molar-refractivity contribution in [2.24, 2.45) is 0 Å². The standard InChI is InChI=1S/C12H17NO3/c1-3-5-6-9-7-13-8-10(11(9)14)12(15)16-4-2/h7-8H,3-6H2,1-2H3,(H,13,14). The first-order chi connectivity index (χ1) is 7.70. The molecule has 0 saturated carbocycles. The molecule has 0 amide bonds. The van der Waals surface area contributed by atoms with E-state index in [-0.39, 0.29) is 17.6 Å². The van der Waals surface area contributed by atoms with Crippen molar-refractivity contribution < 1.29 is 9.53 Å². The lowest BCUT2D eigenvalue weighted by molar-refractivity contribution is 0.0524. The molecule has 1 aromatic rings. The van der Waals surface area contributed by atoms with Gasteiger partial charge in [0.05, 0.1) is 6.61 Å². The highest BCUT2D eigenvalue weighted by Gasteiger charge is 2.13. The summed E-state index contributed by atoms with van der Waals surface area (Å²) in [5.41, 5.74) is 0.522. The summed E-state index contributed by atoms with van der Waals surface area (Å²) in [6.07, 6.45) is 5.70. The van der Waals surface area contributed by atoms with Crippen molar-refractivity contribution >= 4 is 5.97 Å². The molecule has 4 nitrogen and oxygen atoms in total. The number of carbonyl (C=O) groups is 1. The van der Waals surface area contributed by atoms with E-state index >= 15 is 0 Å². The molecule has 16 heavy (non-hydrogen) atoms. The van der Waals surface area contributed by atoms with Gasteiger partial charge in [-0.25, -0.2) is 4.79 Å². The van der Waals surface area contributed by atoms with Crippen molar-refractivity contribution in [3.8, 4) is 0 Å². The zero-order valence-corrected chi connectivity index (χ0v) is 9.71. The zero-order chi connectivity index (χ0) is 12.0. The van der Waals surface area contributed by atoms with Gasteiger partial charge in [0.25, 0.3) is 0 Å². The molecule has 0 saturated heterocycles. The number of hydrogen-bond donors (Lipinski definition) is 1. The molecule has 0 fully saturated rings. The minimum atomic E-state index is -0.554. The number of H-pyrrole nitrogens is 1. The van der Waals surface area contributed by atoms with Gasteiger partial charge < -0.3 is 9.72 Å². The Kier molecular flexibility index (Phi) is 4.76. The first kappa shape index (κ1) is 12.5. The first-order valence-electron chi connectivity index (χ1n) is 5.57. The van der Waals surface area contributed by atoms with Gasteiger partial charge >= 0.3 is 5.97 Å². The summed E-state index contributed by atoms with van der Waals surface area (Å²) >= 11 is 0. The smallest absolute Gasteiger partial charge is 0.343 e. The van der Waals surface area contributed by atoms with Gasteiger partial charge in [-0.3, -0.25) is 4.79 Å². The predicted molar refractivity (Wildman–Crippen MR) is 61.6 cm³/mol. The van der Waals surface area contributed by atoms with Crippen LogP contribution in [0.1, 0.15) is 42.6 Å². The summed E-state index contributed by atoms with van der Waals surface area (Å²) in [4.78, 5) is 26.1. The van der Waals surface area contributed by atoms with Crippen LogP contribution in [0.4, 0.5) is 0 Å². The van der Waals surface area contributed by atoms with E-state index in [2.05, 4.69) is 11.9 Å². The molecule has 0 spiro atoms. The third-order valence-electron chi connectivity index (χ3n) is 2.32. The van der Waals surface area contributed by atoms with Crippen LogP contribution < -0.4 is 5.43 Å². The summed E-state index contributed by atoms with van der Waals surface area (Å²) < 4.78 is 4.81. The van der Waals surface area contributed by atoms with Gasteiger partial charge in [-0.1, -0.05) is 13.3 Å². The molecular formula is C12H17NO3. The molecule has 0 bridgehead atoms. The predicted octanol–water partition coefficient (Wildman–Crippen LogP) is 1.89. The lowest BCUT2D eigenvalue weighted by Gasteiger charge is -2.03. The van der Waals surface area contributed by atoms with Crippen LogP contribution in [0.5, 0.6) is 0 Å². The van der Waals surface area contributed by atoms with Gasteiger partial charge in [0, 0.05) is 18.0 Å². The minimum absolute atomic E-state index is 0.0930. The fourth-order valence-electron chi connectivity index (χ4n) is 1.44. The number of pyridine rings is 1. The molecule has 0 aliphatic carbocycles. The van der Waals surface area contributed by atoms with E-state index in [1.54, 1.807) is 13.1 Å². The summed E-state index contributed by atoms with van der Waals surface area (Å²) in [7, 11) is 0. The van der Waals surface area contributed by atoms with Gasteiger partial charge in [-0.2, -0.15) is 0 Å². The third kappa shape index (κ3) is 2.95. The molecule has 1 rings (SSSR count). The highest BCUT2D eigenvalue weighted by Crippen LogP contribution is 2.01. The number of unbranched alkanes of at least 4 members (excludes halogenated alkanes) is 1. The molecular weight excluding hydrogens is 206 g/mol. The maximum absolute atomic E-state index is 11.9. The molecule has 88 valence electrons. The molecule has 1 aromatic heterocycles. The molecule has 0 aliphatic heterocycles. The number of rotatable bonds is 5. The Balaban J connectivity index is 2.95. The van der Waals surface area contributed by atoms with E-state index in [1.807, 2.05) is 0 Å². The van der Waals surface area contributed by atoms with Crippen molar-refractivity contribution in [2.45, 2.75) is 33.1 Å². The van der Waals surface area contributed by atoms with E-state index < -0.39 is 5.97 Å². The minimum Gasteiger partial charge on any atom is -0.462 e. The van der Waals surface area contributed by atoms with Crippen LogP contribution in [0.25, 0.3) is 0 Å². The summed E-state index contributed by atoms with van der Waals surface area (Å²) in [6.45, 7) is 4.05. The molecule has 1 heterocycles. The van der Waals surface area contributed by atoms with Gasteiger partial charge in [0.15, 0.2) is 5.43 Å². The number of nitrogens with one attached hydrogen (secondary N) is 1. The molecule has 0 aromatic carbocycles. The SMILES string of the molecule is CCCCc1c[nH]cc(C(=O)OCC)c1=O. The topological polar surface area (TPSA) is 59.2 Å². The first-order valence-corrected chi connectivity index (χ1v) is 5.57. The Morgan fingerprint density at radius 2 is 2.12 bits per heavy atom. The fourth-order valence-corrected chi connectivity index (χ4v) is 1.44. The van der Waals surface area contributed by atoms with Crippen LogP contribution in [0.15, 0.2) is 17.2 Å². The van der Waals surface area contributed by atoms with Gasteiger partial charge in [0.2, 0.25) is 0 Å². The Morgan fingerprint density at radius 3 is 2.75 bits per heavy atom. The van der Waals surface area contributed by atoms with Crippen LogP contribution in [0.3, 0.4) is 0 Å². The quantitative estimate of drug-likeness (QED) is 0.775. The lowest BCUT2D eigenvalue weighted by Crippen LogP contribution is -2.21. The highest BCUT2D eigenvalue weighted by molar-refractivity contribution is 5.89. The molecule has 0 unspecified atom stereocenters. The van der Waals surface area contributed by atoms with E-state index in [0.29, 0.717) is 12.0 Å². The van der Waals surface area contributed by atoms with E-state index in [1.165, 1.54) is 6.20 Å². The van der Waals surface area contributed by atoms with Crippen LogP contribution in [-0.4, -0.2) is 17.6 Å². The Bertz CT molecular complexity index is 409. The number of esters is 1. The number of hydrogen-bond acceptors (Lipinski definition) is 3.